The number of aromatic nitrogens is 3. The van der Waals surface area contributed by atoms with Gasteiger partial charge in [-0.25, -0.2) is 15.0 Å². The van der Waals surface area contributed by atoms with E-state index >= 15 is 0 Å². The number of amides is 1. The van der Waals surface area contributed by atoms with E-state index < -0.39 is 0 Å². The number of carbonyl (C=O) groups excluding carboxylic acids is 1. The molecule has 2 fully saturated rings. The van der Waals surface area contributed by atoms with Crippen molar-refractivity contribution in [2.24, 2.45) is 5.92 Å². The maximum atomic E-state index is 12.9. The van der Waals surface area contributed by atoms with Gasteiger partial charge in [-0.05, 0) is 37.0 Å². The third-order valence-electron chi connectivity index (χ3n) is 5.34. The smallest absolute Gasteiger partial charge is 0.272 e. The number of hydrogen-bond acceptors (Lipinski definition) is 6. The van der Waals surface area contributed by atoms with Crippen LogP contribution in [0, 0.1) is 5.92 Å². The Labute approximate surface area is 160 Å². The molecule has 4 rings (SSSR count). The third-order valence-corrected chi connectivity index (χ3v) is 5.34. The lowest BCUT2D eigenvalue weighted by molar-refractivity contribution is 0.0740. The lowest BCUT2D eigenvalue weighted by Gasteiger charge is -2.35. The van der Waals surface area contributed by atoms with E-state index in [0.29, 0.717) is 30.6 Å². The summed E-state index contributed by atoms with van der Waals surface area (Å²) in [5.41, 5.74) is 0.490. The number of hydrogen-bond donors (Lipinski definition) is 0. The van der Waals surface area contributed by atoms with Crippen LogP contribution in [-0.2, 0) is 0 Å². The summed E-state index contributed by atoms with van der Waals surface area (Å²) in [6.07, 6.45) is 5.91. The normalized spacial score (nSPS) is 20.6. The standard InChI is InChI=1S/C20H26N6O/c1-16-5-4-10-26(15-16)20-22-9-7-17(23-20)19(27)25-13-11-24(12-14-25)18-6-2-3-8-21-18/h2-3,6-9,16H,4-5,10-15H2,1H3. The first-order valence-electron chi connectivity index (χ1n) is 9.74. The van der Waals surface area contributed by atoms with Crippen molar-refractivity contribution >= 4 is 17.7 Å². The molecule has 2 aromatic heterocycles. The van der Waals surface area contributed by atoms with Gasteiger partial charge in [0.05, 0.1) is 0 Å². The Morgan fingerprint density at radius 2 is 1.85 bits per heavy atom. The zero-order chi connectivity index (χ0) is 18.6. The molecule has 27 heavy (non-hydrogen) atoms. The van der Waals surface area contributed by atoms with Crippen LogP contribution in [0.25, 0.3) is 0 Å². The molecular weight excluding hydrogens is 340 g/mol. The van der Waals surface area contributed by atoms with Crippen LogP contribution < -0.4 is 9.80 Å². The van der Waals surface area contributed by atoms with Gasteiger partial charge in [0.25, 0.3) is 5.91 Å². The highest BCUT2D eigenvalue weighted by molar-refractivity contribution is 5.92. The average molecular weight is 366 g/mol. The van der Waals surface area contributed by atoms with E-state index in [9.17, 15) is 4.79 Å². The highest BCUT2D eigenvalue weighted by Crippen LogP contribution is 2.20. The van der Waals surface area contributed by atoms with Gasteiger partial charge in [0.15, 0.2) is 0 Å². The minimum atomic E-state index is -0.00983. The number of piperazine rings is 1. The maximum absolute atomic E-state index is 12.9. The molecule has 0 bridgehead atoms. The monoisotopic (exact) mass is 366 g/mol. The molecule has 0 aromatic carbocycles. The van der Waals surface area contributed by atoms with Crippen LogP contribution in [0.3, 0.4) is 0 Å². The van der Waals surface area contributed by atoms with E-state index in [0.717, 1.165) is 38.4 Å². The summed E-state index contributed by atoms with van der Waals surface area (Å²) in [6.45, 7) is 7.09. The largest absolute Gasteiger partial charge is 0.353 e. The Morgan fingerprint density at radius 3 is 2.59 bits per heavy atom. The second kappa shape index (κ2) is 7.90. The van der Waals surface area contributed by atoms with Crippen LogP contribution in [0.5, 0.6) is 0 Å². The Balaban J connectivity index is 1.41. The quantitative estimate of drug-likeness (QED) is 0.829. The van der Waals surface area contributed by atoms with Crippen LogP contribution in [0.15, 0.2) is 36.7 Å². The van der Waals surface area contributed by atoms with Gasteiger partial charge in [-0.3, -0.25) is 4.79 Å². The predicted octanol–water partition coefficient (Wildman–Crippen LogP) is 2.07. The van der Waals surface area contributed by atoms with Crippen LogP contribution in [0.4, 0.5) is 11.8 Å². The summed E-state index contributed by atoms with van der Waals surface area (Å²) in [6, 6.07) is 7.64. The summed E-state index contributed by atoms with van der Waals surface area (Å²) >= 11 is 0. The molecule has 0 N–H and O–H groups in total. The molecule has 0 saturated carbocycles. The number of anilines is 2. The fourth-order valence-electron chi connectivity index (χ4n) is 3.83. The highest BCUT2D eigenvalue weighted by atomic mass is 16.2. The molecular formula is C20H26N6O. The first kappa shape index (κ1) is 17.7. The summed E-state index contributed by atoms with van der Waals surface area (Å²) in [5, 5.41) is 0. The predicted molar refractivity (Wildman–Crippen MR) is 105 cm³/mol. The van der Waals surface area contributed by atoms with Gasteiger partial charge >= 0.3 is 0 Å². The van der Waals surface area contributed by atoms with Crippen molar-refractivity contribution in [1.29, 1.82) is 0 Å². The Kier molecular flexibility index (Phi) is 5.18. The SMILES string of the molecule is CC1CCCN(c2nccc(C(=O)N3CCN(c4ccccn4)CC3)n2)C1. The van der Waals surface area contributed by atoms with Crippen molar-refractivity contribution in [3.8, 4) is 0 Å². The van der Waals surface area contributed by atoms with E-state index in [2.05, 4.69) is 31.7 Å². The van der Waals surface area contributed by atoms with Gasteiger partial charge < -0.3 is 14.7 Å². The molecule has 4 heterocycles. The molecule has 7 heteroatoms. The van der Waals surface area contributed by atoms with Crippen molar-refractivity contribution in [1.82, 2.24) is 19.9 Å². The zero-order valence-corrected chi connectivity index (χ0v) is 15.8. The molecule has 0 radical (unpaired) electrons. The van der Waals surface area contributed by atoms with E-state index in [1.54, 1.807) is 18.5 Å². The molecule has 0 spiro atoms. The lowest BCUT2D eigenvalue weighted by Crippen LogP contribution is -2.49. The zero-order valence-electron chi connectivity index (χ0n) is 15.8. The molecule has 2 aliphatic rings. The van der Waals surface area contributed by atoms with Gasteiger partial charge in [0, 0.05) is 51.7 Å². The van der Waals surface area contributed by atoms with Gasteiger partial charge in [0.2, 0.25) is 5.95 Å². The van der Waals surface area contributed by atoms with Gasteiger partial charge in [0.1, 0.15) is 11.5 Å². The third kappa shape index (κ3) is 4.02. The Morgan fingerprint density at radius 1 is 1.00 bits per heavy atom. The first-order valence-corrected chi connectivity index (χ1v) is 9.74. The summed E-state index contributed by atoms with van der Waals surface area (Å²) in [7, 11) is 0. The molecule has 1 amide bonds. The molecule has 7 nitrogen and oxygen atoms in total. The number of piperidine rings is 1. The Bertz CT molecular complexity index is 775. The molecule has 2 aromatic rings. The summed E-state index contributed by atoms with van der Waals surface area (Å²) in [4.78, 5) is 32.6. The average Bonchev–Trinajstić information content (AvgIpc) is 2.74. The molecule has 1 atom stereocenters. The van der Waals surface area contributed by atoms with Gasteiger partial charge in [-0.15, -0.1) is 0 Å². The van der Waals surface area contributed by atoms with Crippen LogP contribution in [-0.4, -0.2) is 65.0 Å². The number of carbonyl (C=O) groups is 1. The van der Waals surface area contributed by atoms with Crippen molar-refractivity contribution in [2.75, 3.05) is 49.1 Å². The van der Waals surface area contributed by atoms with Crippen LogP contribution >= 0.6 is 0 Å². The van der Waals surface area contributed by atoms with Gasteiger partial charge in [-0.2, -0.15) is 0 Å². The first-order chi connectivity index (χ1) is 13.2. The lowest BCUT2D eigenvalue weighted by atomic mass is 10.0. The van der Waals surface area contributed by atoms with E-state index in [1.807, 2.05) is 23.1 Å². The van der Waals surface area contributed by atoms with E-state index in [4.69, 9.17) is 0 Å². The highest BCUT2D eigenvalue weighted by Gasteiger charge is 2.25. The van der Waals surface area contributed by atoms with E-state index in [1.165, 1.54) is 6.42 Å². The summed E-state index contributed by atoms with van der Waals surface area (Å²) < 4.78 is 0. The molecule has 1 unspecified atom stereocenters. The molecule has 0 aliphatic carbocycles. The second-order valence-electron chi connectivity index (χ2n) is 7.40. The minimum absolute atomic E-state index is 0.00983. The minimum Gasteiger partial charge on any atom is -0.353 e. The second-order valence-corrected chi connectivity index (χ2v) is 7.40. The van der Waals surface area contributed by atoms with Crippen molar-refractivity contribution in [3.63, 3.8) is 0 Å². The van der Waals surface area contributed by atoms with Crippen molar-refractivity contribution in [3.05, 3.63) is 42.4 Å². The van der Waals surface area contributed by atoms with Crippen LogP contribution in [0.1, 0.15) is 30.3 Å². The number of nitrogens with zero attached hydrogens (tertiary/aromatic N) is 6. The van der Waals surface area contributed by atoms with Crippen LogP contribution in [0.2, 0.25) is 0 Å². The fourth-order valence-corrected chi connectivity index (χ4v) is 3.83. The molecule has 2 aliphatic heterocycles. The topological polar surface area (TPSA) is 65.5 Å². The van der Waals surface area contributed by atoms with Crippen molar-refractivity contribution < 1.29 is 4.79 Å². The Hall–Kier alpha value is -2.70. The number of rotatable bonds is 3. The number of pyridine rings is 1. The summed E-state index contributed by atoms with van der Waals surface area (Å²) in [5.74, 6) is 2.28. The van der Waals surface area contributed by atoms with Crippen molar-refractivity contribution in [2.45, 2.75) is 19.8 Å². The van der Waals surface area contributed by atoms with E-state index in [-0.39, 0.29) is 5.91 Å². The molecule has 142 valence electrons. The fraction of sp³-hybridized carbons (Fsp3) is 0.500. The van der Waals surface area contributed by atoms with Gasteiger partial charge in [-0.1, -0.05) is 13.0 Å². The molecule has 2 saturated heterocycles. The maximum Gasteiger partial charge on any atom is 0.272 e.